The van der Waals surface area contributed by atoms with Crippen LogP contribution in [0, 0.1) is 0 Å². The van der Waals surface area contributed by atoms with Crippen molar-refractivity contribution in [2.75, 3.05) is 24.2 Å². The van der Waals surface area contributed by atoms with Gasteiger partial charge < -0.3 is 14.5 Å². The molecular formula is C30H28N4O6S. The van der Waals surface area contributed by atoms with Crippen LogP contribution in [0.3, 0.4) is 0 Å². The van der Waals surface area contributed by atoms with Crippen molar-refractivity contribution in [3.63, 3.8) is 0 Å². The number of amides is 3. The predicted octanol–water partition coefficient (Wildman–Crippen LogP) is 5.14. The number of hydrogen-bond acceptors (Lipinski definition) is 9. The number of ether oxygens (including phenoxy) is 1. The van der Waals surface area contributed by atoms with Crippen molar-refractivity contribution >= 4 is 51.9 Å². The van der Waals surface area contributed by atoms with E-state index in [4.69, 9.17) is 9.15 Å². The van der Waals surface area contributed by atoms with Gasteiger partial charge in [0.05, 0.1) is 17.9 Å². The monoisotopic (exact) mass is 572 g/mol. The molecule has 0 spiro atoms. The average Bonchev–Trinajstić information content (AvgIpc) is 3.44. The summed E-state index contributed by atoms with van der Waals surface area (Å²) in [5, 5.41) is 12.7. The van der Waals surface area contributed by atoms with Crippen LogP contribution in [0.4, 0.5) is 5.69 Å². The van der Waals surface area contributed by atoms with E-state index >= 15 is 0 Å². The largest absolute Gasteiger partial charge is 0.462 e. The summed E-state index contributed by atoms with van der Waals surface area (Å²) in [4.78, 5) is 51.3. The highest BCUT2D eigenvalue weighted by Crippen LogP contribution is 2.30. The number of rotatable bonds is 12. The molecule has 4 aromatic rings. The fraction of sp³-hybridized carbons (Fsp3) is 0.267. The maximum atomic E-state index is 13.0. The van der Waals surface area contributed by atoms with Crippen LogP contribution in [-0.2, 0) is 16.0 Å². The molecular weight excluding hydrogens is 544 g/mol. The third kappa shape index (κ3) is 6.46. The van der Waals surface area contributed by atoms with Gasteiger partial charge in [-0.25, -0.2) is 4.79 Å². The Kier molecular flexibility index (Phi) is 8.73. The number of aryl methyl sites for hydroxylation is 1. The lowest BCUT2D eigenvalue weighted by molar-refractivity contribution is -0.113. The van der Waals surface area contributed by atoms with Gasteiger partial charge in [0.15, 0.2) is 0 Å². The van der Waals surface area contributed by atoms with Gasteiger partial charge in [-0.05, 0) is 61.5 Å². The van der Waals surface area contributed by atoms with Crippen LogP contribution in [0.2, 0.25) is 0 Å². The van der Waals surface area contributed by atoms with Crippen LogP contribution < -0.4 is 5.32 Å². The van der Waals surface area contributed by atoms with E-state index < -0.39 is 5.97 Å². The molecule has 0 saturated heterocycles. The molecule has 210 valence electrons. The van der Waals surface area contributed by atoms with Gasteiger partial charge in [0.25, 0.3) is 17.0 Å². The first-order chi connectivity index (χ1) is 19.9. The minimum atomic E-state index is -0.412. The molecule has 1 aliphatic rings. The number of hydrogen-bond donors (Lipinski definition) is 1. The quantitative estimate of drug-likeness (QED) is 0.106. The smallest absolute Gasteiger partial charge is 0.338 e. The number of carbonyl (C=O) groups excluding carboxylic acids is 4. The Morgan fingerprint density at radius 1 is 0.927 bits per heavy atom. The van der Waals surface area contributed by atoms with Gasteiger partial charge in [-0.2, -0.15) is 0 Å². The SMILES string of the molecule is CCOC(=O)c1ccc(NC(=O)CSc2nnc(CCCCCN3C(=O)c4cccc5cccc(c45)C3=O)o2)cc1. The van der Waals surface area contributed by atoms with E-state index in [1.54, 1.807) is 43.3 Å². The van der Waals surface area contributed by atoms with E-state index in [9.17, 15) is 19.2 Å². The Bertz CT molecular complexity index is 1550. The second-order valence-electron chi connectivity index (χ2n) is 9.38. The zero-order valence-electron chi connectivity index (χ0n) is 22.4. The lowest BCUT2D eigenvalue weighted by atomic mass is 9.94. The molecule has 2 heterocycles. The Morgan fingerprint density at radius 3 is 2.32 bits per heavy atom. The highest BCUT2D eigenvalue weighted by Gasteiger charge is 2.32. The minimum Gasteiger partial charge on any atom is -0.462 e. The predicted molar refractivity (Wildman–Crippen MR) is 153 cm³/mol. The zero-order valence-corrected chi connectivity index (χ0v) is 23.2. The number of unbranched alkanes of at least 4 members (excludes halogenated alkanes) is 2. The normalized spacial score (nSPS) is 12.6. The van der Waals surface area contributed by atoms with Crippen LogP contribution in [0.5, 0.6) is 0 Å². The van der Waals surface area contributed by atoms with Gasteiger partial charge in [0, 0.05) is 35.2 Å². The van der Waals surface area contributed by atoms with Crippen molar-refractivity contribution in [2.45, 2.75) is 37.8 Å². The molecule has 41 heavy (non-hydrogen) atoms. The molecule has 0 fully saturated rings. The molecule has 0 bridgehead atoms. The van der Waals surface area contributed by atoms with Crippen molar-refractivity contribution in [2.24, 2.45) is 0 Å². The number of nitrogens with one attached hydrogen (secondary N) is 1. The van der Waals surface area contributed by atoms with Crippen molar-refractivity contribution in [3.05, 3.63) is 83.2 Å². The van der Waals surface area contributed by atoms with E-state index in [1.807, 2.05) is 24.3 Å². The van der Waals surface area contributed by atoms with Gasteiger partial charge in [-0.1, -0.05) is 42.4 Å². The minimum absolute atomic E-state index is 0.0794. The van der Waals surface area contributed by atoms with E-state index in [0.29, 0.717) is 59.5 Å². The third-order valence-corrected chi connectivity index (χ3v) is 7.40. The molecule has 10 nitrogen and oxygen atoms in total. The number of carbonyl (C=O) groups is 4. The highest BCUT2D eigenvalue weighted by atomic mass is 32.2. The molecule has 0 unspecified atom stereocenters. The number of anilines is 1. The fourth-order valence-electron chi connectivity index (χ4n) is 4.63. The van der Waals surface area contributed by atoms with Gasteiger partial charge in [-0.3, -0.25) is 19.3 Å². The Labute approximate surface area is 240 Å². The fourth-order valence-corrected chi connectivity index (χ4v) is 5.21. The number of esters is 1. The molecule has 1 N–H and O–H groups in total. The lowest BCUT2D eigenvalue weighted by Crippen LogP contribution is -2.40. The number of aromatic nitrogens is 2. The summed E-state index contributed by atoms with van der Waals surface area (Å²) in [5.41, 5.74) is 2.10. The Hall–Kier alpha value is -4.51. The Balaban J connectivity index is 1.03. The molecule has 3 aromatic carbocycles. The van der Waals surface area contributed by atoms with Gasteiger partial charge in [0.2, 0.25) is 11.8 Å². The van der Waals surface area contributed by atoms with E-state index in [2.05, 4.69) is 15.5 Å². The van der Waals surface area contributed by atoms with Gasteiger partial charge in [0.1, 0.15) is 0 Å². The van der Waals surface area contributed by atoms with Crippen molar-refractivity contribution in [3.8, 4) is 0 Å². The first kappa shape index (κ1) is 28.0. The van der Waals surface area contributed by atoms with Crippen molar-refractivity contribution in [1.82, 2.24) is 15.1 Å². The highest BCUT2D eigenvalue weighted by molar-refractivity contribution is 7.99. The van der Waals surface area contributed by atoms with E-state index in [0.717, 1.165) is 35.4 Å². The second kappa shape index (κ2) is 12.8. The molecule has 0 aliphatic carbocycles. The summed E-state index contributed by atoms with van der Waals surface area (Å²) in [7, 11) is 0. The average molecular weight is 573 g/mol. The van der Waals surface area contributed by atoms with Gasteiger partial charge >= 0.3 is 5.97 Å². The van der Waals surface area contributed by atoms with Crippen LogP contribution in [0.25, 0.3) is 10.8 Å². The molecule has 0 atom stereocenters. The first-order valence-electron chi connectivity index (χ1n) is 13.3. The van der Waals surface area contributed by atoms with Crippen molar-refractivity contribution in [1.29, 1.82) is 0 Å². The van der Waals surface area contributed by atoms with Crippen LogP contribution in [0.1, 0.15) is 63.2 Å². The van der Waals surface area contributed by atoms with Gasteiger partial charge in [-0.15, -0.1) is 10.2 Å². The summed E-state index contributed by atoms with van der Waals surface area (Å²) in [6.07, 6.45) is 2.73. The second-order valence-corrected chi connectivity index (χ2v) is 10.3. The number of benzene rings is 3. The molecule has 0 saturated carbocycles. The third-order valence-electron chi connectivity index (χ3n) is 6.58. The summed E-state index contributed by atoms with van der Waals surface area (Å²) < 4.78 is 10.6. The summed E-state index contributed by atoms with van der Waals surface area (Å²) >= 11 is 1.13. The summed E-state index contributed by atoms with van der Waals surface area (Å²) in [6.45, 7) is 2.37. The first-order valence-corrected chi connectivity index (χ1v) is 14.3. The van der Waals surface area contributed by atoms with Crippen LogP contribution in [0.15, 0.2) is 70.3 Å². The lowest BCUT2D eigenvalue weighted by Gasteiger charge is -2.27. The van der Waals surface area contributed by atoms with Crippen molar-refractivity contribution < 1.29 is 28.3 Å². The zero-order chi connectivity index (χ0) is 28.8. The number of nitrogens with zero attached hydrogens (tertiary/aromatic N) is 3. The molecule has 5 rings (SSSR count). The molecule has 11 heteroatoms. The summed E-state index contributed by atoms with van der Waals surface area (Å²) in [5.74, 6) is -0.626. The molecule has 1 aliphatic heterocycles. The number of imide groups is 1. The molecule has 1 aromatic heterocycles. The van der Waals surface area contributed by atoms with Crippen LogP contribution >= 0.6 is 11.8 Å². The van der Waals surface area contributed by atoms with E-state index in [1.165, 1.54) is 4.90 Å². The van der Waals surface area contributed by atoms with E-state index in [-0.39, 0.29) is 23.5 Å². The molecule has 0 radical (unpaired) electrons. The Morgan fingerprint density at radius 2 is 1.63 bits per heavy atom. The summed E-state index contributed by atoms with van der Waals surface area (Å²) in [6, 6.07) is 17.5. The topological polar surface area (TPSA) is 132 Å². The number of thioether (sulfide) groups is 1. The van der Waals surface area contributed by atoms with Crippen LogP contribution in [-0.4, -0.2) is 57.7 Å². The maximum Gasteiger partial charge on any atom is 0.338 e. The molecule has 3 amide bonds. The standard InChI is InChI=1S/C30H28N4O6S/c1-2-39-29(38)20-13-15-21(16-14-20)31-24(35)18-41-30-33-32-25(40-30)12-4-3-5-17-34-27(36)22-10-6-8-19-9-7-11-23(26(19)22)28(34)37/h6-11,13-16H,2-5,12,17-18H2,1H3,(H,31,35). The maximum absolute atomic E-state index is 13.0.